The minimum Gasteiger partial charge on any atom is -0.478 e. The summed E-state index contributed by atoms with van der Waals surface area (Å²) in [5.74, 6) is -3.56. The molecule has 0 radical (unpaired) electrons. The number of rotatable bonds is 3. The number of ether oxygens (including phenoxy) is 1. The summed E-state index contributed by atoms with van der Waals surface area (Å²) in [5.41, 5.74) is -0.568. The zero-order valence-corrected chi connectivity index (χ0v) is 11.4. The van der Waals surface area contributed by atoms with Crippen molar-refractivity contribution >= 4 is 11.7 Å². The number of hydrogen-bond acceptors (Lipinski definition) is 3. The number of anilines is 1. The fraction of sp³-hybridized carbons (Fsp3) is 0.500. The molecule has 1 aromatic carbocycles. The summed E-state index contributed by atoms with van der Waals surface area (Å²) < 4.78 is 33.1. The standard InChI is InChI=1S/C14H17F2NO3/c1-8-5-6-17(7-11(8)20-2)10-4-3-9(14(18)19)12(15)13(10)16/h3-4,8,11H,5-7H2,1-2H3,(H,18,19). The van der Waals surface area contributed by atoms with Gasteiger partial charge in [-0.25, -0.2) is 13.6 Å². The lowest BCUT2D eigenvalue weighted by Crippen LogP contribution is -2.44. The lowest BCUT2D eigenvalue weighted by molar-refractivity contribution is 0.0496. The van der Waals surface area contributed by atoms with Crippen molar-refractivity contribution < 1.29 is 23.4 Å². The number of hydrogen-bond donors (Lipinski definition) is 1. The Morgan fingerprint density at radius 2 is 2.10 bits per heavy atom. The highest BCUT2D eigenvalue weighted by atomic mass is 19.2. The Bertz CT molecular complexity index is 521. The molecule has 1 aromatic rings. The number of benzene rings is 1. The zero-order valence-electron chi connectivity index (χ0n) is 11.4. The van der Waals surface area contributed by atoms with Gasteiger partial charge < -0.3 is 14.7 Å². The minimum absolute atomic E-state index is 0.0506. The van der Waals surface area contributed by atoms with Gasteiger partial charge in [0.05, 0.1) is 17.4 Å². The summed E-state index contributed by atoms with van der Waals surface area (Å²) in [4.78, 5) is 12.5. The average molecular weight is 285 g/mol. The number of carboxylic acid groups (broad SMARTS) is 1. The maximum atomic E-state index is 14.0. The van der Waals surface area contributed by atoms with Gasteiger partial charge in [-0.3, -0.25) is 0 Å². The molecule has 1 N–H and O–H groups in total. The van der Waals surface area contributed by atoms with Crippen molar-refractivity contribution in [2.45, 2.75) is 19.4 Å². The topological polar surface area (TPSA) is 49.8 Å². The first kappa shape index (κ1) is 14.7. The molecule has 2 rings (SSSR count). The van der Waals surface area contributed by atoms with Crippen LogP contribution in [0.1, 0.15) is 23.7 Å². The van der Waals surface area contributed by atoms with Crippen LogP contribution in [0.25, 0.3) is 0 Å². The molecule has 0 bridgehead atoms. The van der Waals surface area contributed by atoms with Gasteiger partial charge in [0.15, 0.2) is 11.6 Å². The van der Waals surface area contributed by atoms with Crippen molar-refractivity contribution in [1.29, 1.82) is 0 Å². The molecule has 0 aromatic heterocycles. The van der Waals surface area contributed by atoms with Crippen LogP contribution in [0.15, 0.2) is 12.1 Å². The van der Waals surface area contributed by atoms with Gasteiger partial charge in [0.2, 0.25) is 0 Å². The molecule has 0 amide bonds. The minimum atomic E-state index is -1.48. The van der Waals surface area contributed by atoms with Gasteiger partial charge >= 0.3 is 5.97 Å². The molecular weight excluding hydrogens is 268 g/mol. The van der Waals surface area contributed by atoms with Gasteiger partial charge in [-0.2, -0.15) is 0 Å². The third-order valence-corrected chi connectivity index (χ3v) is 3.83. The van der Waals surface area contributed by atoms with Crippen LogP contribution >= 0.6 is 0 Å². The summed E-state index contributed by atoms with van der Waals surface area (Å²) in [7, 11) is 1.59. The summed E-state index contributed by atoms with van der Waals surface area (Å²) >= 11 is 0. The quantitative estimate of drug-likeness (QED) is 0.927. The van der Waals surface area contributed by atoms with Crippen LogP contribution in [0, 0.1) is 17.6 Å². The Morgan fingerprint density at radius 1 is 1.40 bits per heavy atom. The SMILES string of the molecule is COC1CN(c2ccc(C(=O)O)c(F)c2F)CCC1C. The van der Waals surface area contributed by atoms with Crippen LogP contribution in [0.3, 0.4) is 0 Å². The van der Waals surface area contributed by atoms with E-state index in [0.717, 1.165) is 12.5 Å². The van der Waals surface area contributed by atoms with Gasteiger partial charge in [-0.1, -0.05) is 6.92 Å². The lowest BCUT2D eigenvalue weighted by atomic mass is 9.95. The van der Waals surface area contributed by atoms with E-state index in [4.69, 9.17) is 9.84 Å². The van der Waals surface area contributed by atoms with Crippen molar-refractivity contribution in [3.63, 3.8) is 0 Å². The van der Waals surface area contributed by atoms with Gasteiger partial charge in [0.1, 0.15) is 0 Å². The van der Waals surface area contributed by atoms with Crippen LogP contribution in [-0.2, 0) is 4.74 Å². The highest BCUT2D eigenvalue weighted by Gasteiger charge is 2.29. The molecule has 0 spiro atoms. The molecule has 2 unspecified atom stereocenters. The second-order valence-corrected chi connectivity index (χ2v) is 5.05. The van der Waals surface area contributed by atoms with Gasteiger partial charge in [0, 0.05) is 20.2 Å². The van der Waals surface area contributed by atoms with Gasteiger partial charge in [-0.15, -0.1) is 0 Å². The molecule has 20 heavy (non-hydrogen) atoms. The number of piperidine rings is 1. The molecule has 1 aliphatic rings. The van der Waals surface area contributed by atoms with Crippen molar-refractivity contribution in [2.24, 2.45) is 5.92 Å². The van der Waals surface area contributed by atoms with E-state index in [2.05, 4.69) is 6.92 Å². The predicted molar refractivity (Wildman–Crippen MR) is 70.1 cm³/mol. The van der Waals surface area contributed by atoms with Gasteiger partial charge in [-0.05, 0) is 24.5 Å². The third-order valence-electron chi connectivity index (χ3n) is 3.83. The third kappa shape index (κ3) is 2.60. The van der Waals surface area contributed by atoms with Crippen LogP contribution < -0.4 is 4.90 Å². The largest absolute Gasteiger partial charge is 0.478 e. The predicted octanol–water partition coefficient (Wildman–Crippen LogP) is 2.52. The summed E-state index contributed by atoms with van der Waals surface area (Å²) in [6, 6.07) is 2.40. The first-order chi connectivity index (χ1) is 9.45. The van der Waals surface area contributed by atoms with E-state index in [1.54, 1.807) is 12.0 Å². The van der Waals surface area contributed by atoms with Crippen molar-refractivity contribution in [1.82, 2.24) is 0 Å². The van der Waals surface area contributed by atoms with E-state index in [1.165, 1.54) is 6.07 Å². The van der Waals surface area contributed by atoms with Crippen molar-refractivity contribution in [3.8, 4) is 0 Å². The number of methoxy groups -OCH3 is 1. The molecule has 1 heterocycles. The monoisotopic (exact) mass is 285 g/mol. The van der Waals surface area contributed by atoms with Crippen molar-refractivity contribution in [3.05, 3.63) is 29.3 Å². The molecule has 1 fully saturated rings. The Labute approximate surface area is 116 Å². The molecule has 4 nitrogen and oxygen atoms in total. The Hall–Kier alpha value is -1.69. The molecule has 0 saturated carbocycles. The summed E-state index contributed by atoms with van der Waals surface area (Å²) in [5, 5.41) is 8.77. The first-order valence-electron chi connectivity index (χ1n) is 6.44. The van der Waals surface area contributed by atoms with Gasteiger partial charge in [0.25, 0.3) is 0 Å². The maximum Gasteiger partial charge on any atom is 0.338 e. The normalized spacial score (nSPS) is 22.9. The van der Waals surface area contributed by atoms with E-state index in [-0.39, 0.29) is 11.8 Å². The van der Waals surface area contributed by atoms with Crippen LogP contribution in [0.4, 0.5) is 14.5 Å². The number of aromatic carboxylic acids is 1. The Morgan fingerprint density at radius 3 is 2.70 bits per heavy atom. The molecule has 6 heteroatoms. The van der Waals surface area contributed by atoms with E-state index in [9.17, 15) is 13.6 Å². The van der Waals surface area contributed by atoms with E-state index < -0.39 is 23.2 Å². The maximum absolute atomic E-state index is 14.0. The Kier molecular flexibility index (Phi) is 4.23. The molecular formula is C14H17F2NO3. The molecule has 0 aliphatic carbocycles. The van der Waals surface area contributed by atoms with Crippen molar-refractivity contribution in [2.75, 3.05) is 25.1 Å². The second-order valence-electron chi connectivity index (χ2n) is 5.05. The number of carboxylic acids is 1. The van der Waals surface area contributed by atoms with E-state index >= 15 is 0 Å². The van der Waals surface area contributed by atoms with E-state index in [1.807, 2.05) is 0 Å². The molecule has 110 valence electrons. The first-order valence-corrected chi connectivity index (χ1v) is 6.44. The number of carbonyl (C=O) groups is 1. The summed E-state index contributed by atoms with van der Waals surface area (Å²) in [6.45, 7) is 3.10. The van der Waals surface area contributed by atoms with Crippen LogP contribution in [0.2, 0.25) is 0 Å². The number of nitrogens with zero attached hydrogens (tertiary/aromatic N) is 1. The van der Waals surface area contributed by atoms with Crippen LogP contribution in [0.5, 0.6) is 0 Å². The molecule has 1 saturated heterocycles. The average Bonchev–Trinajstić information content (AvgIpc) is 2.42. The Balaban J connectivity index is 2.30. The molecule has 1 aliphatic heterocycles. The van der Waals surface area contributed by atoms with E-state index in [0.29, 0.717) is 19.0 Å². The summed E-state index contributed by atoms with van der Waals surface area (Å²) in [6.07, 6.45) is 0.755. The number of halogens is 2. The van der Waals surface area contributed by atoms with Crippen LogP contribution in [-0.4, -0.2) is 37.4 Å². The second kappa shape index (κ2) is 5.75. The smallest absolute Gasteiger partial charge is 0.338 e. The highest BCUT2D eigenvalue weighted by molar-refractivity contribution is 5.88. The zero-order chi connectivity index (χ0) is 14.9. The highest BCUT2D eigenvalue weighted by Crippen LogP contribution is 2.29. The fourth-order valence-corrected chi connectivity index (χ4v) is 2.51. The fourth-order valence-electron chi connectivity index (χ4n) is 2.51. The lowest BCUT2D eigenvalue weighted by Gasteiger charge is -2.37. The molecule has 2 atom stereocenters.